The third-order valence-electron chi connectivity index (χ3n) is 4.49. The van der Waals surface area contributed by atoms with Crippen LogP contribution in [0.5, 0.6) is 0 Å². The van der Waals surface area contributed by atoms with Gasteiger partial charge < -0.3 is 14.6 Å². The normalized spacial score (nSPS) is 18.3. The summed E-state index contributed by atoms with van der Waals surface area (Å²) in [6.07, 6.45) is -0.875. The van der Waals surface area contributed by atoms with Crippen molar-refractivity contribution in [2.75, 3.05) is 6.54 Å². The van der Waals surface area contributed by atoms with Crippen LogP contribution in [0.1, 0.15) is 17.5 Å². The summed E-state index contributed by atoms with van der Waals surface area (Å²) in [5.74, 6) is -2.40. The van der Waals surface area contributed by atoms with Gasteiger partial charge in [0.05, 0.1) is 0 Å². The molecule has 1 aliphatic rings. The van der Waals surface area contributed by atoms with Crippen LogP contribution in [0.25, 0.3) is 0 Å². The van der Waals surface area contributed by atoms with Crippen LogP contribution < -0.4 is 0 Å². The molecule has 1 saturated heterocycles. The molecule has 0 aliphatic carbocycles. The predicted octanol–water partition coefficient (Wildman–Crippen LogP) is 2.60. The second-order valence-corrected chi connectivity index (χ2v) is 6.17. The van der Waals surface area contributed by atoms with Gasteiger partial charge in [-0.1, -0.05) is 60.7 Å². The Labute approximate surface area is 156 Å². The number of esters is 1. The van der Waals surface area contributed by atoms with Crippen molar-refractivity contribution in [3.63, 3.8) is 0 Å². The van der Waals surface area contributed by atoms with Crippen molar-refractivity contribution in [2.24, 2.45) is 0 Å². The van der Waals surface area contributed by atoms with E-state index in [-0.39, 0.29) is 26.2 Å². The first-order valence-electron chi connectivity index (χ1n) is 8.47. The summed E-state index contributed by atoms with van der Waals surface area (Å²) >= 11 is 0. The Morgan fingerprint density at radius 2 is 1.41 bits per heavy atom. The number of benzene rings is 2. The molecule has 7 nitrogen and oxygen atoms in total. The van der Waals surface area contributed by atoms with E-state index in [0.29, 0.717) is 0 Å². The lowest BCUT2D eigenvalue weighted by Crippen LogP contribution is -2.71. The van der Waals surface area contributed by atoms with E-state index in [2.05, 4.69) is 0 Å². The van der Waals surface area contributed by atoms with Crippen molar-refractivity contribution in [2.45, 2.75) is 25.2 Å². The molecule has 1 amide bonds. The average molecular weight is 369 g/mol. The van der Waals surface area contributed by atoms with Gasteiger partial charge in [0.25, 0.3) is 0 Å². The molecule has 1 aliphatic heterocycles. The van der Waals surface area contributed by atoms with E-state index in [4.69, 9.17) is 9.47 Å². The Bertz CT molecular complexity index is 823. The van der Waals surface area contributed by atoms with Crippen molar-refractivity contribution in [1.29, 1.82) is 0 Å². The zero-order chi connectivity index (χ0) is 19.3. The van der Waals surface area contributed by atoms with E-state index in [1.54, 1.807) is 48.5 Å². The molecule has 0 spiro atoms. The molecule has 2 aromatic carbocycles. The molecule has 0 saturated carbocycles. The van der Waals surface area contributed by atoms with E-state index >= 15 is 0 Å². The van der Waals surface area contributed by atoms with Gasteiger partial charge in [-0.05, 0) is 11.1 Å². The average Bonchev–Trinajstić information content (AvgIpc) is 2.65. The van der Waals surface area contributed by atoms with Gasteiger partial charge in [-0.15, -0.1) is 0 Å². The largest absolute Gasteiger partial charge is 0.479 e. The lowest BCUT2D eigenvalue weighted by molar-refractivity contribution is -0.181. The number of carbonyl (C=O) groups excluding carboxylic acids is 2. The van der Waals surface area contributed by atoms with Crippen molar-refractivity contribution in [3.05, 3.63) is 71.8 Å². The third kappa shape index (κ3) is 3.76. The smallest absolute Gasteiger partial charge is 0.411 e. The van der Waals surface area contributed by atoms with Crippen LogP contribution in [0, 0.1) is 0 Å². The minimum absolute atomic E-state index is 0.00899. The molecule has 1 fully saturated rings. The highest BCUT2D eigenvalue weighted by Crippen LogP contribution is 2.33. The molecule has 3 rings (SSSR count). The Balaban J connectivity index is 1.65. The van der Waals surface area contributed by atoms with Gasteiger partial charge in [0.1, 0.15) is 13.2 Å². The Morgan fingerprint density at radius 3 is 1.85 bits per heavy atom. The highest BCUT2D eigenvalue weighted by Gasteiger charge is 2.62. The third-order valence-corrected chi connectivity index (χ3v) is 4.49. The number of ether oxygens (including phenoxy) is 2. The molecule has 0 bridgehead atoms. The van der Waals surface area contributed by atoms with Gasteiger partial charge in [-0.2, -0.15) is 0 Å². The molecule has 27 heavy (non-hydrogen) atoms. The van der Waals surface area contributed by atoms with E-state index < -0.39 is 23.6 Å². The van der Waals surface area contributed by atoms with Crippen LogP contribution in [0.3, 0.4) is 0 Å². The summed E-state index contributed by atoms with van der Waals surface area (Å²) in [6.45, 7) is 0.0346. The topological polar surface area (TPSA) is 93.1 Å². The van der Waals surface area contributed by atoms with Crippen molar-refractivity contribution >= 4 is 18.0 Å². The zero-order valence-electron chi connectivity index (χ0n) is 14.5. The Kier molecular flexibility index (Phi) is 5.40. The number of aliphatic carboxylic acids is 1. The quantitative estimate of drug-likeness (QED) is 0.621. The molecule has 2 aromatic rings. The number of carboxylic acid groups (broad SMARTS) is 1. The van der Waals surface area contributed by atoms with Gasteiger partial charge in [-0.25, -0.2) is 14.4 Å². The molecule has 0 unspecified atom stereocenters. The fourth-order valence-corrected chi connectivity index (χ4v) is 2.86. The van der Waals surface area contributed by atoms with Crippen LogP contribution >= 0.6 is 0 Å². The first-order valence-corrected chi connectivity index (χ1v) is 8.47. The Morgan fingerprint density at radius 1 is 0.889 bits per heavy atom. The molecule has 7 heteroatoms. The van der Waals surface area contributed by atoms with Crippen LogP contribution in [-0.2, 0) is 32.3 Å². The van der Waals surface area contributed by atoms with Crippen LogP contribution in [0.2, 0.25) is 0 Å². The lowest BCUT2D eigenvalue weighted by atomic mass is 9.85. The summed E-state index contributed by atoms with van der Waals surface area (Å²) in [4.78, 5) is 37.5. The lowest BCUT2D eigenvalue weighted by Gasteiger charge is -2.45. The van der Waals surface area contributed by atoms with Crippen molar-refractivity contribution in [3.8, 4) is 0 Å². The molecular weight excluding hydrogens is 350 g/mol. The van der Waals surface area contributed by atoms with Crippen molar-refractivity contribution < 1.29 is 29.0 Å². The van der Waals surface area contributed by atoms with E-state index in [9.17, 15) is 19.5 Å². The summed E-state index contributed by atoms with van der Waals surface area (Å²) in [6, 6.07) is 17.9. The molecule has 0 radical (unpaired) electrons. The number of hydrogen-bond donors (Lipinski definition) is 1. The first kappa shape index (κ1) is 18.4. The maximum absolute atomic E-state index is 12.5. The van der Waals surface area contributed by atoms with Gasteiger partial charge in [0, 0.05) is 13.0 Å². The first-order chi connectivity index (χ1) is 13.0. The number of rotatable bonds is 6. The number of carbonyl (C=O) groups is 3. The molecule has 140 valence electrons. The van der Waals surface area contributed by atoms with Gasteiger partial charge in [0.15, 0.2) is 0 Å². The van der Waals surface area contributed by atoms with E-state index in [1.807, 2.05) is 12.1 Å². The summed E-state index contributed by atoms with van der Waals surface area (Å²) in [5.41, 5.74) is -0.550. The molecule has 1 N–H and O–H groups in total. The summed E-state index contributed by atoms with van der Waals surface area (Å²) in [7, 11) is 0. The standard InChI is InChI=1S/C20H19NO6/c22-17(23)20(18(24)26-13-15-7-3-1-4-8-15)11-12-21(20)19(25)27-14-16-9-5-2-6-10-16/h1-10H,11-14H2,(H,22,23)/t20-/m0/s1. The number of carboxylic acids is 1. The number of likely N-dealkylation sites (tertiary alicyclic amines) is 1. The number of hydrogen-bond acceptors (Lipinski definition) is 5. The van der Waals surface area contributed by atoms with Crippen LogP contribution in [0.4, 0.5) is 4.79 Å². The van der Waals surface area contributed by atoms with Gasteiger partial charge >= 0.3 is 18.0 Å². The molecule has 0 aromatic heterocycles. The van der Waals surface area contributed by atoms with Crippen LogP contribution in [-0.4, -0.2) is 40.1 Å². The fraction of sp³-hybridized carbons (Fsp3) is 0.250. The number of amides is 1. The van der Waals surface area contributed by atoms with Gasteiger partial charge in [0.2, 0.25) is 5.54 Å². The minimum Gasteiger partial charge on any atom is -0.479 e. The fourth-order valence-electron chi connectivity index (χ4n) is 2.86. The van der Waals surface area contributed by atoms with Crippen molar-refractivity contribution in [1.82, 2.24) is 4.90 Å². The summed E-state index contributed by atoms with van der Waals surface area (Å²) in [5, 5.41) is 9.61. The maximum Gasteiger partial charge on any atom is 0.411 e. The second-order valence-electron chi connectivity index (χ2n) is 6.17. The molecular formula is C20H19NO6. The number of nitrogens with zero attached hydrogens (tertiary/aromatic N) is 1. The maximum atomic E-state index is 12.5. The second kappa shape index (κ2) is 7.90. The van der Waals surface area contributed by atoms with Crippen LogP contribution in [0.15, 0.2) is 60.7 Å². The highest BCUT2D eigenvalue weighted by atomic mass is 16.6. The molecule has 1 atom stereocenters. The van der Waals surface area contributed by atoms with E-state index in [1.165, 1.54) is 0 Å². The summed E-state index contributed by atoms with van der Waals surface area (Å²) < 4.78 is 10.3. The zero-order valence-corrected chi connectivity index (χ0v) is 14.5. The molecule has 1 heterocycles. The monoisotopic (exact) mass is 369 g/mol. The Hall–Kier alpha value is -3.35. The SMILES string of the molecule is O=C(OCc1ccccc1)N1CC[C@]1(C(=O)O)C(=O)OCc1ccccc1. The predicted molar refractivity (Wildman–Crippen MR) is 94.6 cm³/mol. The highest BCUT2D eigenvalue weighted by molar-refractivity contribution is 6.08. The minimum atomic E-state index is -2.04. The van der Waals surface area contributed by atoms with E-state index in [0.717, 1.165) is 16.0 Å². The van der Waals surface area contributed by atoms with Gasteiger partial charge in [-0.3, -0.25) is 4.90 Å².